The minimum absolute atomic E-state index is 0.156. The number of amides is 1. The molecule has 1 aromatic carbocycles. The summed E-state index contributed by atoms with van der Waals surface area (Å²) in [6, 6.07) is 7.23. The topological polar surface area (TPSA) is 36.0 Å². The van der Waals surface area contributed by atoms with E-state index < -0.39 is 0 Å². The first kappa shape index (κ1) is 17.7. The van der Waals surface area contributed by atoms with Crippen molar-refractivity contribution in [1.29, 1.82) is 0 Å². The maximum Gasteiger partial charge on any atom is 0.410 e. The number of carbonyl (C=O) groups is 1. The number of hydrogen-bond donors (Lipinski definition) is 0. The van der Waals surface area contributed by atoms with Gasteiger partial charge in [-0.2, -0.15) is 0 Å². The number of ether oxygens (including phenoxy) is 1. The number of piperidine rings is 2. The quantitative estimate of drug-likeness (QED) is 0.814. The predicted octanol–water partition coefficient (Wildman–Crippen LogP) is 3.19. The van der Waals surface area contributed by atoms with Crippen molar-refractivity contribution in [1.82, 2.24) is 9.80 Å². The van der Waals surface area contributed by atoms with E-state index in [0.29, 0.717) is 6.04 Å². The molecule has 1 spiro atoms. The number of likely N-dealkylation sites (N-methyl/N-ethyl adjacent to an activating group) is 1. The molecule has 3 aliphatic heterocycles. The molecule has 26 heavy (non-hydrogen) atoms. The molecule has 0 aliphatic carbocycles. The predicted molar refractivity (Wildman–Crippen MR) is 104 cm³/mol. The van der Waals surface area contributed by atoms with Gasteiger partial charge in [-0.3, -0.25) is 4.90 Å². The third kappa shape index (κ3) is 3.18. The van der Waals surface area contributed by atoms with Crippen LogP contribution in [0.25, 0.3) is 0 Å². The molecule has 3 aliphatic rings. The summed E-state index contributed by atoms with van der Waals surface area (Å²) in [5.74, 6) is 0. The van der Waals surface area contributed by atoms with Crippen molar-refractivity contribution in [3.05, 3.63) is 29.3 Å². The molecule has 5 heteroatoms. The van der Waals surface area contributed by atoms with Crippen molar-refractivity contribution in [2.24, 2.45) is 0 Å². The Morgan fingerprint density at radius 2 is 1.88 bits per heavy atom. The molecule has 0 unspecified atom stereocenters. The van der Waals surface area contributed by atoms with Crippen LogP contribution in [0.5, 0.6) is 0 Å². The Hall–Kier alpha value is -1.75. The zero-order valence-corrected chi connectivity index (χ0v) is 16.3. The fraction of sp³-hybridized carbons (Fsp3) is 0.667. The lowest BCUT2D eigenvalue weighted by molar-refractivity contribution is -0.0261. The lowest BCUT2D eigenvalue weighted by Gasteiger charge is -2.45. The average molecular weight is 357 g/mol. The van der Waals surface area contributed by atoms with Crippen molar-refractivity contribution in [3.63, 3.8) is 0 Å². The molecule has 1 atom stereocenters. The van der Waals surface area contributed by atoms with Crippen LogP contribution in [0.4, 0.5) is 10.5 Å². The zero-order chi connectivity index (χ0) is 18.3. The summed E-state index contributed by atoms with van der Waals surface area (Å²) in [6.07, 6.45) is 4.34. The smallest absolute Gasteiger partial charge is 0.410 e. The molecule has 3 saturated heterocycles. The molecular weight excluding hydrogens is 326 g/mol. The van der Waals surface area contributed by atoms with Gasteiger partial charge < -0.3 is 14.5 Å². The van der Waals surface area contributed by atoms with Crippen LogP contribution in [0.1, 0.15) is 36.8 Å². The number of carbonyl (C=O) groups excluding carboxylic acids is 1. The number of hydrogen-bond acceptors (Lipinski definition) is 4. The van der Waals surface area contributed by atoms with E-state index in [9.17, 15) is 4.79 Å². The van der Waals surface area contributed by atoms with Crippen LogP contribution in [0, 0.1) is 13.8 Å². The average Bonchev–Trinajstić information content (AvgIpc) is 2.90. The SMILES string of the molecule is Cc1cccc(N2CCC(N3CCC[C@]4(CN(C)C(=O)O4)C3)CC2)c1C. The van der Waals surface area contributed by atoms with Gasteiger partial charge in [0.15, 0.2) is 0 Å². The van der Waals surface area contributed by atoms with Gasteiger partial charge >= 0.3 is 6.09 Å². The van der Waals surface area contributed by atoms with Crippen LogP contribution in [0.2, 0.25) is 0 Å². The van der Waals surface area contributed by atoms with E-state index in [0.717, 1.165) is 45.6 Å². The Morgan fingerprint density at radius 3 is 2.58 bits per heavy atom. The van der Waals surface area contributed by atoms with E-state index in [1.165, 1.54) is 29.7 Å². The van der Waals surface area contributed by atoms with Gasteiger partial charge in [-0.15, -0.1) is 0 Å². The van der Waals surface area contributed by atoms with Crippen molar-refractivity contribution >= 4 is 11.8 Å². The van der Waals surface area contributed by atoms with Crippen molar-refractivity contribution < 1.29 is 9.53 Å². The molecule has 0 N–H and O–H groups in total. The van der Waals surface area contributed by atoms with E-state index in [1.54, 1.807) is 4.90 Å². The summed E-state index contributed by atoms with van der Waals surface area (Å²) < 4.78 is 5.78. The van der Waals surface area contributed by atoms with Gasteiger partial charge in [-0.05, 0) is 63.3 Å². The number of anilines is 1. The van der Waals surface area contributed by atoms with Gasteiger partial charge in [0.2, 0.25) is 0 Å². The van der Waals surface area contributed by atoms with E-state index in [-0.39, 0.29) is 11.7 Å². The number of rotatable bonds is 2. The van der Waals surface area contributed by atoms with Gasteiger partial charge in [0.1, 0.15) is 5.60 Å². The lowest BCUT2D eigenvalue weighted by atomic mass is 9.90. The second-order valence-corrected chi connectivity index (χ2v) is 8.42. The second-order valence-electron chi connectivity index (χ2n) is 8.42. The second kappa shape index (κ2) is 6.76. The van der Waals surface area contributed by atoms with Crippen molar-refractivity contribution in [2.75, 3.05) is 44.7 Å². The van der Waals surface area contributed by atoms with Crippen LogP contribution in [0.15, 0.2) is 18.2 Å². The molecule has 0 bridgehead atoms. The Balaban J connectivity index is 1.39. The molecular formula is C21H31N3O2. The number of nitrogens with zero attached hydrogens (tertiary/aromatic N) is 3. The van der Waals surface area contributed by atoms with Crippen molar-refractivity contribution in [2.45, 2.75) is 51.2 Å². The Kier molecular flexibility index (Phi) is 4.59. The maximum absolute atomic E-state index is 11.9. The Morgan fingerprint density at radius 1 is 1.12 bits per heavy atom. The van der Waals surface area contributed by atoms with Crippen LogP contribution >= 0.6 is 0 Å². The summed E-state index contributed by atoms with van der Waals surface area (Å²) in [5.41, 5.74) is 3.90. The highest BCUT2D eigenvalue weighted by Gasteiger charge is 2.47. The molecule has 5 nitrogen and oxygen atoms in total. The Bertz CT molecular complexity index is 684. The number of benzene rings is 1. The standard InChI is InChI=1S/C21H31N3O2/c1-16-6-4-7-19(17(16)2)23-12-8-18(9-13-23)24-11-5-10-21(15-24)14-22(3)20(25)26-21/h4,6-7,18H,5,8-15H2,1-3H3/t21-/m0/s1. The van der Waals surface area contributed by atoms with Crippen LogP contribution in [-0.4, -0.2) is 67.3 Å². The normalized spacial score (nSPS) is 28.0. The molecule has 4 rings (SSSR count). The highest BCUT2D eigenvalue weighted by molar-refractivity contribution is 5.70. The van der Waals surface area contributed by atoms with Crippen molar-refractivity contribution in [3.8, 4) is 0 Å². The molecule has 3 fully saturated rings. The summed E-state index contributed by atoms with van der Waals surface area (Å²) in [7, 11) is 1.85. The third-order valence-electron chi connectivity index (χ3n) is 6.61. The number of likely N-dealkylation sites (tertiary alicyclic amines) is 1. The van der Waals surface area contributed by atoms with Gasteiger partial charge in [-0.25, -0.2) is 4.79 Å². The zero-order valence-electron chi connectivity index (χ0n) is 16.3. The summed E-state index contributed by atoms with van der Waals surface area (Å²) in [4.78, 5) is 18.7. The minimum atomic E-state index is -0.269. The monoisotopic (exact) mass is 357 g/mol. The van der Waals surface area contributed by atoms with E-state index >= 15 is 0 Å². The fourth-order valence-corrected chi connectivity index (χ4v) is 5.00. The van der Waals surface area contributed by atoms with E-state index in [4.69, 9.17) is 4.74 Å². The first-order valence-corrected chi connectivity index (χ1v) is 9.97. The molecule has 0 radical (unpaired) electrons. The van der Waals surface area contributed by atoms with E-state index in [1.807, 2.05) is 7.05 Å². The van der Waals surface area contributed by atoms with Gasteiger partial charge in [0.25, 0.3) is 0 Å². The Labute approximate surface area is 156 Å². The largest absolute Gasteiger partial charge is 0.440 e. The van der Waals surface area contributed by atoms with Crippen LogP contribution in [-0.2, 0) is 4.74 Å². The third-order valence-corrected chi connectivity index (χ3v) is 6.61. The first-order valence-electron chi connectivity index (χ1n) is 9.97. The molecule has 0 saturated carbocycles. The maximum atomic E-state index is 11.9. The van der Waals surface area contributed by atoms with E-state index in [2.05, 4.69) is 41.8 Å². The van der Waals surface area contributed by atoms with Gasteiger partial charge in [0, 0.05) is 38.4 Å². The number of aryl methyl sites for hydroxylation is 1. The van der Waals surface area contributed by atoms with Crippen LogP contribution in [0.3, 0.4) is 0 Å². The molecule has 1 aromatic rings. The molecule has 0 aromatic heterocycles. The molecule has 142 valence electrons. The first-order chi connectivity index (χ1) is 12.5. The highest BCUT2D eigenvalue weighted by atomic mass is 16.6. The minimum Gasteiger partial charge on any atom is -0.440 e. The lowest BCUT2D eigenvalue weighted by Crippen LogP contribution is -2.55. The van der Waals surface area contributed by atoms with Crippen LogP contribution < -0.4 is 4.90 Å². The highest BCUT2D eigenvalue weighted by Crippen LogP contribution is 2.34. The fourth-order valence-electron chi connectivity index (χ4n) is 5.00. The summed E-state index contributed by atoms with van der Waals surface area (Å²) >= 11 is 0. The molecule has 1 amide bonds. The summed E-state index contributed by atoms with van der Waals surface area (Å²) in [6.45, 7) is 9.42. The van der Waals surface area contributed by atoms with Gasteiger partial charge in [0.05, 0.1) is 6.54 Å². The van der Waals surface area contributed by atoms with Gasteiger partial charge in [-0.1, -0.05) is 12.1 Å². The molecule has 3 heterocycles. The summed E-state index contributed by atoms with van der Waals surface area (Å²) in [5, 5.41) is 0.